The third-order valence-corrected chi connectivity index (χ3v) is 4.49. The van der Waals surface area contributed by atoms with Crippen molar-refractivity contribution in [2.45, 2.75) is 38.4 Å². The Balaban J connectivity index is 2.49. The average Bonchev–Trinajstić information content (AvgIpc) is 2.51. The van der Waals surface area contributed by atoms with Crippen molar-refractivity contribution in [1.82, 2.24) is 10.2 Å². The van der Waals surface area contributed by atoms with E-state index in [2.05, 4.69) is 5.32 Å². The first-order valence-corrected chi connectivity index (χ1v) is 8.24. The van der Waals surface area contributed by atoms with Crippen molar-refractivity contribution in [2.75, 3.05) is 26.2 Å². The number of nitrogens with zero attached hydrogens (tertiary/aromatic N) is 1. The Morgan fingerprint density at radius 1 is 1.26 bits per heavy atom. The van der Waals surface area contributed by atoms with Crippen molar-refractivity contribution >= 4 is 11.6 Å². The van der Waals surface area contributed by atoms with Gasteiger partial charge in [-0.3, -0.25) is 4.90 Å². The molecule has 0 saturated carbocycles. The van der Waals surface area contributed by atoms with Gasteiger partial charge in [0.05, 0.1) is 10.6 Å². The Morgan fingerprint density at radius 2 is 1.91 bits per heavy atom. The van der Waals surface area contributed by atoms with Crippen LogP contribution in [0.25, 0.3) is 0 Å². The van der Waals surface area contributed by atoms with E-state index in [1.165, 1.54) is 0 Å². The molecule has 0 aromatic heterocycles. The van der Waals surface area contributed by atoms with Crippen LogP contribution >= 0.6 is 11.6 Å². The van der Waals surface area contributed by atoms with Crippen LogP contribution in [0.5, 0.6) is 0 Å². The van der Waals surface area contributed by atoms with E-state index in [4.69, 9.17) is 11.6 Å². The summed E-state index contributed by atoms with van der Waals surface area (Å²) >= 11 is 5.78. The van der Waals surface area contributed by atoms with Crippen LogP contribution in [0.4, 0.5) is 17.6 Å². The lowest BCUT2D eigenvalue weighted by molar-refractivity contribution is -0.139. The third-order valence-electron chi connectivity index (χ3n) is 4.19. The van der Waals surface area contributed by atoms with E-state index in [-0.39, 0.29) is 10.6 Å². The van der Waals surface area contributed by atoms with E-state index in [1.54, 1.807) is 0 Å². The fourth-order valence-corrected chi connectivity index (χ4v) is 3.20. The number of halogens is 5. The molecule has 1 N–H and O–H groups in total. The molecule has 2 nitrogen and oxygen atoms in total. The molecule has 23 heavy (non-hydrogen) atoms. The van der Waals surface area contributed by atoms with Gasteiger partial charge in [-0.25, -0.2) is 4.39 Å². The van der Waals surface area contributed by atoms with E-state index >= 15 is 0 Å². The number of hydrogen-bond donors (Lipinski definition) is 1. The largest absolute Gasteiger partial charge is 0.416 e. The van der Waals surface area contributed by atoms with Crippen LogP contribution in [0.15, 0.2) is 12.1 Å². The molecule has 130 valence electrons. The molecule has 0 aliphatic carbocycles. The van der Waals surface area contributed by atoms with Crippen LogP contribution in [0, 0.1) is 5.82 Å². The predicted octanol–water partition coefficient (Wildman–Crippen LogP) is 4.63. The van der Waals surface area contributed by atoms with Crippen molar-refractivity contribution in [2.24, 2.45) is 0 Å². The summed E-state index contributed by atoms with van der Waals surface area (Å²) < 4.78 is 54.7. The Kier molecular flexibility index (Phi) is 6.28. The van der Waals surface area contributed by atoms with Gasteiger partial charge < -0.3 is 5.32 Å². The van der Waals surface area contributed by atoms with Crippen LogP contribution in [0.1, 0.15) is 43.4 Å². The minimum Gasteiger partial charge on any atom is -0.314 e. The molecule has 2 rings (SSSR count). The van der Waals surface area contributed by atoms with Crippen molar-refractivity contribution < 1.29 is 17.6 Å². The van der Waals surface area contributed by atoms with Gasteiger partial charge in [-0.15, -0.1) is 0 Å². The lowest BCUT2D eigenvalue weighted by Crippen LogP contribution is -2.45. The summed E-state index contributed by atoms with van der Waals surface area (Å²) in [4.78, 5) is 1.93. The molecule has 1 saturated heterocycles. The minimum absolute atomic E-state index is 0.260. The Hall–Kier alpha value is -0.850. The summed E-state index contributed by atoms with van der Waals surface area (Å²) in [5, 5.41) is 2.90. The summed E-state index contributed by atoms with van der Waals surface area (Å²) in [6, 6.07) is 1.27. The van der Waals surface area contributed by atoms with Crippen molar-refractivity contribution in [3.05, 3.63) is 34.1 Å². The summed E-state index contributed by atoms with van der Waals surface area (Å²) in [7, 11) is 0. The Bertz CT molecular complexity index is 528. The standard InChI is InChI=1S/C16H21ClF4N2/c1-2-3-4-13(23-9-7-22-8-10-23)14-11(16(19,20)21)5-6-12(17)15(14)18/h5-6,13,22H,2-4,7-10H2,1H3/t13-/m0/s1. The summed E-state index contributed by atoms with van der Waals surface area (Å²) in [5.74, 6) is -0.943. The van der Waals surface area contributed by atoms with Gasteiger partial charge in [0.15, 0.2) is 0 Å². The fourth-order valence-electron chi connectivity index (χ4n) is 3.04. The smallest absolute Gasteiger partial charge is 0.314 e. The molecule has 0 bridgehead atoms. The number of piperazine rings is 1. The SMILES string of the molecule is CCCC[C@@H](c1c(C(F)(F)F)ccc(Cl)c1F)N1CCNCC1. The molecular formula is C16H21ClF4N2. The second-order valence-electron chi connectivity index (χ2n) is 5.76. The van der Waals surface area contributed by atoms with E-state index in [0.717, 1.165) is 25.0 Å². The van der Waals surface area contributed by atoms with Crippen molar-refractivity contribution in [3.8, 4) is 0 Å². The minimum atomic E-state index is -4.60. The quantitative estimate of drug-likeness (QED) is 0.777. The second kappa shape index (κ2) is 7.81. The lowest BCUT2D eigenvalue weighted by atomic mass is 9.93. The number of hydrogen-bond acceptors (Lipinski definition) is 2. The normalized spacial score (nSPS) is 18.2. The molecule has 1 fully saturated rings. The average molecular weight is 353 g/mol. The number of benzene rings is 1. The highest BCUT2D eigenvalue weighted by molar-refractivity contribution is 6.30. The molecule has 7 heteroatoms. The third kappa shape index (κ3) is 4.37. The number of alkyl halides is 3. The number of nitrogens with one attached hydrogen (secondary N) is 1. The summed E-state index contributed by atoms with van der Waals surface area (Å²) in [6.45, 7) is 4.53. The zero-order valence-electron chi connectivity index (χ0n) is 13.0. The highest BCUT2D eigenvalue weighted by atomic mass is 35.5. The van der Waals surface area contributed by atoms with Crippen LogP contribution in [-0.2, 0) is 6.18 Å². The second-order valence-corrected chi connectivity index (χ2v) is 6.17. The Labute approximate surface area is 138 Å². The van der Waals surface area contributed by atoms with Crippen molar-refractivity contribution in [3.63, 3.8) is 0 Å². The molecule has 1 aromatic rings. The maximum absolute atomic E-state index is 14.6. The van der Waals surface area contributed by atoms with Gasteiger partial charge in [0.25, 0.3) is 0 Å². The van der Waals surface area contributed by atoms with Gasteiger partial charge >= 0.3 is 6.18 Å². The van der Waals surface area contributed by atoms with Gasteiger partial charge in [0.1, 0.15) is 5.82 Å². The number of rotatable bonds is 5. The van der Waals surface area contributed by atoms with Gasteiger partial charge in [0, 0.05) is 37.8 Å². The molecular weight excluding hydrogens is 332 g/mol. The lowest BCUT2D eigenvalue weighted by Gasteiger charge is -2.36. The van der Waals surface area contributed by atoms with Gasteiger partial charge in [-0.2, -0.15) is 13.2 Å². The van der Waals surface area contributed by atoms with E-state index in [1.807, 2.05) is 11.8 Å². The maximum atomic E-state index is 14.6. The molecule has 1 aliphatic rings. The summed E-state index contributed by atoms with van der Waals surface area (Å²) in [5.41, 5.74) is -1.22. The zero-order chi connectivity index (χ0) is 17.0. The monoisotopic (exact) mass is 352 g/mol. The van der Waals surface area contributed by atoms with E-state index < -0.39 is 23.6 Å². The first-order chi connectivity index (χ1) is 10.9. The molecule has 1 aromatic carbocycles. The van der Waals surface area contributed by atoms with Crippen molar-refractivity contribution in [1.29, 1.82) is 0 Å². The molecule has 1 atom stereocenters. The molecule has 1 heterocycles. The van der Waals surface area contributed by atoms with Gasteiger partial charge in [0.2, 0.25) is 0 Å². The maximum Gasteiger partial charge on any atom is 0.416 e. The van der Waals surface area contributed by atoms with Crippen LogP contribution in [0.3, 0.4) is 0 Å². The molecule has 0 amide bonds. The highest BCUT2D eigenvalue weighted by Crippen LogP contribution is 2.41. The molecule has 0 radical (unpaired) electrons. The van der Waals surface area contributed by atoms with Gasteiger partial charge in [-0.1, -0.05) is 31.4 Å². The Morgan fingerprint density at radius 3 is 2.48 bits per heavy atom. The van der Waals surface area contributed by atoms with E-state index in [9.17, 15) is 17.6 Å². The molecule has 0 unspecified atom stereocenters. The van der Waals surface area contributed by atoms with Crippen LogP contribution < -0.4 is 5.32 Å². The molecule has 0 spiro atoms. The molecule has 1 aliphatic heterocycles. The topological polar surface area (TPSA) is 15.3 Å². The predicted molar refractivity (Wildman–Crippen MR) is 83.1 cm³/mol. The highest BCUT2D eigenvalue weighted by Gasteiger charge is 2.39. The van der Waals surface area contributed by atoms with Gasteiger partial charge in [-0.05, 0) is 18.6 Å². The number of unbranched alkanes of at least 4 members (excludes halogenated alkanes) is 1. The summed E-state index contributed by atoms with van der Waals surface area (Å²) in [6.07, 6.45) is -2.54. The van der Waals surface area contributed by atoms with Crippen LogP contribution in [0.2, 0.25) is 5.02 Å². The zero-order valence-corrected chi connectivity index (χ0v) is 13.8. The first kappa shape index (κ1) is 18.5. The first-order valence-electron chi connectivity index (χ1n) is 7.86. The fraction of sp³-hybridized carbons (Fsp3) is 0.625. The van der Waals surface area contributed by atoms with Crippen LogP contribution in [-0.4, -0.2) is 31.1 Å². The van der Waals surface area contributed by atoms with E-state index in [0.29, 0.717) is 32.6 Å².